The maximum Gasteiger partial charge on any atom is 0.198 e. The molecule has 158 valence electrons. The van der Waals surface area contributed by atoms with Crippen LogP contribution in [0.5, 0.6) is 0 Å². The summed E-state index contributed by atoms with van der Waals surface area (Å²) in [7, 11) is 0. The van der Waals surface area contributed by atoms with Crippen molar-refractivity contribution in [3.63, 3.8) is 0 Å². The third kappa shape index (κ3) is 10.4. The van der Waals surface area contributed by atoms with Gasteiger partial charge in [0.15, 0.2) is 5.84 Å². The standard InChI is InChI=1S/C24H47N2O/c1-3-5-6-7-8-9-10-11-12-13-14-15-16-17-18-19-24-25-20-21-26(24,4-2)22-23-27/h15-16,27H,3-14,17-23H2,1-2H3/q+1/b16-15+. The summed E-state index contributed by atoms with van der Waals surface area (Å²) in [5.74, 6) is 1.33. The molecule has 0 fully saturated rings. The summed E-state index contributed by atoms with van der Waals surface area (Å²) in [5, 5.41) is 9.36. The number of allylic oxidation sites excluding steroid dienone is 2. The highest BCUT2D eigenvalue weighted by Gasteiger charge is 2.35. The minimum absolute atomic E-state index is 0.269. The number of hydrogen-bond donors (Lipinski definition) is 1. The van der Waals surface area contributed by atoms with Crippen LogP contribution in [0, 0.1) is 0 Å². The molecule has 1 unspecified atom stereocenters. The first kappa shape index (κ1) is 24.4. The topological polar surface area (TPSA) is 32.6 Å². The van der Waals surface area contributed by atoms with Crippen LogP contribution in [0.25, 0.3) is 0 Å². The van der Waals surface area contributed by atoms with Crippen molar-refractivity contribution >= 4 is 5.84 Å². The van der Waals surface area contributed by atoms with E-state index in [1.807, 2.05) is 0 Å². The summed E-state index contributed by atoms with van der Waals surface area (Å²) in [6.45, 7) is 8.71. The normalized spacial score (nSPS) is 19.9. The van der Waals surface area contributed by atoms with E-state index in [9.17, 15) is 5.11 Å². The molecule has 0 bridgehead atoms. The summed E-state index contributed by atoms with van der Waals surface area (Å²) in [4.78, 5) is 4.74. The molecule has 0 saturated heterocycles. The second-order valence-electron chi connectivity index (χ2n) is 8.26. The summed E-state index contributed by atoms with van der Waals surface area (Å²) >= 11 is 0. The van der Waals surface area contributed by atoms with Gasteiger partial charge in [0, 0.05) is 6.42 Å². The molecule has 0 aromatic rings. The lowest BCUT2D eigenvalue weighted by Crippen LogP contribution is -2.52. The van der Waals surface area contributed by atoms with Gasteiger partial charge in [-0.3, -0.25) is 4.48 Å². The number of quaternary nitrogens is 1. The van der Waals surface area contributed by atoms with E-state index in [-0.39, 0.29) is 6.61 Å². The molecule has 3 nitrogen and oxygen atoms in total. The van der Waals surface area contributed by atoms with Crippen LogP contribution in [-0.4, -0.2) is 48.2 Å². The van der Waals surface area contributed by atoms with Crippen LogP contribution in [-0.2, 0) is 0 Å². The van der Waals surface area contributed by atoms with Gasteiger partial charge in [0.05, 0.1) is 19.7 Å². The molecule has 1 aliphatic heterocycles. The zero-order valence-electron chi connectivity index (χ0n) is 18.4. The monoisotopic (exact) mass is 379 g/mol. The van der Waals surface area contributed by atoms with Gasteiger partial charge in [0.1, 0.15) is 13.1 Å². The van der Waals surface area contributed by atoms with E-state index >= 15 is 0 Å². The first-order valence-electron chi connectivity index (χ1n) is 11.9. The summed E-state index contributed by atoms with van der Waals surface area (Å²) < 4.78 is 0.929. The van der Waals surface area contributed by atoms with E-state index in [4.69, 9.17) is 4.99 Å². The van der Waals surface area contributed by atoms with Crippen LogP contribution in [0.1, 0.15) is 104 Å². The van der Waals surface area contributed by atoms with Crippen LogP contribution in [0.3, 0.4) is 0 Å². The quantitative estimate of drug-likeness (QED) is 0.170. The van der Waals surface area contributed by atoms with Crippen LogP contribution in [0.15, 0.2) is 17.1 Å². The molecule has 0 radical (unpaired) electrons. The molecule has 0 spiro atoms. The molecular weight excluding hydrogens is 332 g/mol. The number of hydrogen-bond acceptors (Lipinski definition) is 2. The summed E-state index contributed by atoms with van der Waals surface area (Å²) in [5.41, 5.74) is 0. The van der Waals surface area contributed by atoms with Gasteiger partial charge in [-0.05, 0) is 32.6 Å². The highest BCUT2D eigenvalue weighted by Crippen LogP contribution is 2.19. The highest BCUT2D eigenvalue weighted by molar-refractivity contribution is 5.76. The van der Waals surface area contributed by atoms with E-state index in [1.54, 1.807) is 0 Å². The number of aliphatic imine (C=N–C) groups is 1. The fourth-order valence-electron chi connectivity index (χ4n) is 4.26. The molecule has 0 aromatic heterocycles. The molecule has 1 atom stereocenters. The lowest BCUT2D eigenvalue weighted by Gasteiger charge is -2.33. The second-order valence-corrected chi connectivity index (χ2v) is 8.26. The average Bonchev–Trinajstić information content (AvgIpc) is 3.08. The van der Waals surface area contributed by atoms with Gasteiger partial charge in [0.2, 0.25) is 0 Å². The maximum atomic E-state index is 9.36. The third-order valence-electron chi connectivity index (χ3n) is 6.17. The highest BCUT2D eigenvalue weighted by atomic mass is 16.3. The molecule has 0 amide bonds. The van der Waals surface area contributed by atoms with Gasteiger partial charge in [-0.2, -0.15) is 0 Å². The Bertz CT molecular complexity index is 405. The van der Waals surface area contributed by atoms with Crippen molar-refractivity contribution in [1.82, 2.24) is 0 Å². The Labute approximate surface area is 169 Å². The Morgan fingerprint density at radius 3 is 2.04 bits per heavy atom. The predicted molar refractivity (Wildman–Crippen MR) is 119 cm³/mol. The van der Waals surface area contributed by atoms with Crippen LogP contribution < -0.4 is 0 Å². The lowest BCUT2D eigenvalue weighted by atomic mass is 10.1. The Morgan fingerprint density at radius 1 is 0.852 bits per heavy atom. The zero-order chi connectivity index (χ0) is 19.6. The first-order valence-corrected chi connectivity index (χ1v) is 11.9. The van der Waals surface area contributed by atoms with E-state index in [0.29, 0.717) is 0 Å². The minimum atomic E-state index is 0.269. The third-order valence-corrected chi connectivity index (χ3v) is 6.17. The number of amidine groups is 1. The van der Waals surface area contributed by atoms with Crippen LogP contribution in [0.2, 0.25) is 0 Å². The van der Waals surface area contributed by atoms with Crippen molar-refractivity contribution < 1.29 is 9.59 Å². The van der Waals surface area contributed by atoms with Gasteiger partial charge >= 0.3 is 0 Å². The SMILES string of the molecule is CCCCCCCCCCCC/C=C/CCCC1=NCC[N+]1(CC)CCO. The molecule has 0 saturated carbocycles. The van der Waals surface area contributed by atoms with Crippen molar-refractivity contribution in [2.45, 2.75) is 104 Å². The second kappa shape index (κ2) is 16.3. The molecule has 1 rings (SSSR count). The number of nitrogens with zero attached hydrogens (tertiary/aromatic N) is 2. The maximum absolute atomic E-state index is 9.36. The molecular formula is C24H47N2O+. The van der Waals surface area contributed by atoms with Gasteiger partial charge < -0.3 is 5.11 Å². The predicted octanol–water partition coefficient (Wildman–Crippen LogP) is 6.27. The summed E-state index contributed by atoms with van der Waals surface area (Å²) in [6, 6.07) is 0. The lowest BCUT2D eigenvalue weighted by molar-refractivity contribution is -0.835. The van der Waals surface area contributed by atoms with Crippen molar-refractivity contribution in [2.24, 2.45) is 4.99 Å². The molecule has 0 aromatic carbocycles. The fourth-order valence-corrected chi connectivity index (χ4v) is 4.26. The van der Waals surface area contributed by atoms with Gasteiger partial charge in [-0.1, -0.05) is 76.9 Å². The van der Waals surface area contributed by atoms with Crippen molar-refractivity contribution in [2.75, 3.05) is 32.8 Å². The average molecular weight is 380 g/mol. The van der Waals surface area contributed by atoms with Gasteiger partial charge in [0.25, 0.3) is 0 Å². The van der Waals surface area contributed by atoms with E-state index in [1.165, 1.54) is 89.3 Å². The summed E-state index contributed by atoms with van der Waals surface area (Å²) in [6.07, 6.45) is 23.6. The van der Waals surface area contributed by atoms with Gasteiger partial charge in [-0.15, -0.1) is 0 Å². The zero-order valence-corrected chi connectivity index (χ0v) is 18.4. The van der Waals surface area contributed by atoms with Crippen LogP contribution >= 0.6 is 0 Å². The van der Waals surface area contributed by atoms with E-state index in [2.05, 4.69) is 26.0 Å². The smallest absolute Gasteiger partial charge is 0.198 e. The number of aliphatic hydroxyl groups excluding tert-OH is 1. The Kier molecular flexibility index (Phi) is 14.7. The van der Waals surface area contributed by atoms with E-state index < -0.39 is 0 Å². The van der Waals surface area contributed by atoms with Crippen molar-refractivity contribution in [1.29, 1.82) is 0 Å². The molecule has 1 heterocycles. The largest absolute Gasteiger partial charge is 0.390 e. The van der Waals surface area contributed by atoms with Crippen molar-refractivity contribution in [3.8, 4) is 0 Å². The molecule has 27 heavy (non-hydrogen) atoms. The Morgan fingerprint density at radius 2 is 1.44 bits per heavy atom. The number of unbranched alkanes of at least 4 members (excludes halogenated alkanes) is 11. The van der Waals surface area contributed by atoms with Crippen LogP contribution in [0.4, 0.5) is 0 Å². The number of likely N-dealkylation sites (N-methyl/N-ethyl adjacent to an activating group) is 1. The first-order chi connectivity index (χ1) is 13.3. The van der Waals surface area contributed by atoms with Crippen molar-refractivity contribution in [3.05, 3.63) is 12.2 Å². The number of rotatable bonds is 18. The molecule has 3 heteroatoms. The molecule has 1 N–H and O–H groups in total. The fraction of sp³-hybridized carbons (Fsp3) is 0.875. The van der Waals surface area contributed by atoms with Gasteiger partial charge in [-0.25, -0.2) is 4.99 Å². The Balaban J connectivity index is 1.95. The number of aliphatic hydroxyl groups is 1. The minimum Gasteiger partial charge on any atom is -0.390 e. The Hall–Kier alpha value is -0.670. The van der Waals surface area contributed by atoms with E-state index in [0.717, 1.165) is 37.1 Å². The molecule has 0 aliphatic carbocycles. The molecule has 1 aliphatic rings.